The number of esters is 1. The van der Waals surface area contributed by atoms with Gasteiger partial charge in [-0.05, 0) is 48.0 Å². The van der Waals surface area contributed by atoms with Gasteiger partial charge in [0.1, 0.15) is 6.04 Å². The third kappa shape index (κ3) is 5.54. The number of hydrogen-bond acceptors (Lipinski definition) is 4. The summed E-state index contributed by atoms with van der Waals surface area (Å²) in [5, 5.41) is 4.91. The number of benzene rings is 3. The van der Waals surface area contributed by atoms with E-state index in [1.54, 1.807) is 36.4 Å². The van der Waals surface area contributed by atoms with E-state index in [2.05, 4.69) is 10.3 Å². The molecule has 0 aliphatic carbocycles. The maximum Gasteiger partial charge on any atom is 0.328 e. The Kier molecular flexibility index (Phi) is 7.82. The number of halogens is 4. The molecule has 1 heterocycles. The van der Waals surface area contributed by atoms with Crippen molar-refractivity contribution in [1.82, 2.24) is 10.3 Å². The number of amides is 1. The summed E-state index contributed by atoms with van der Waals surface area (Å²) in [7, 11) is 1.26. The topological polar surface area (TPSA) is 68.3 Å². The second kappa shape index (κ2) is 10.8. The van der Waals surface area contributed by atoms with Crippen LogP contribution in [-0.2, 0) is 16.0 Å². The Morgan fingerprint density at radius 1 is 0.886 bits per heavy atom. The minimum atomic E-state index is -0.952. The van der Waals surface area contributed by atoms with E-state index in [0.29, 0.717) is 21.3 Å². The lowest BCUT2D eigenvalue weighted by Gasteiger charge is -2.18. The average molecular weight is 548 g/mol. The van der Waals surface area contributed by atoms with Crippen LogP contribution in [0, 0.1) is 0 Å². The van der Waals surface area contributed by atoms with Crippen molar-refractivity contribution in [1.29, 1.82) is 0 Å². The van der Waals surface area contributed by atoms with Crippen molar-refractivity contribution < 1.29 is 14.3 Å². The van der Waals surface area contributed by atoms with Gasteiger partial charge in [-0.2, -0.15) is 0 Å². The molecule has 4 aromatic rings. The predicted octanol–water partition coefficient (Wildman–Crippen LogP) is 7.03. The molecule has 1 amide bonds. The van der Waals surface area contributed by atoms with Gasteiger partial charge < -0.3 is 10.1 Å². The molecule has 3 aromatic carbocycles. The van der Waals surface area contributed by atoms with Gasteiger partial charge in [-0.1, -0.05) is 70.7 Å². The minimum absolute atomic E-state index is 0.0956. The Bertz CT molecular complexity index is 1400. The molecule has 4 rings (SSSR count). The van der Waals surface area contributed by atoms with Gasteiger partial charge >= 0.3 is 5.97 Å². The molecule has 5 nitrogen and oxygen atoms in total. The summed E-state index contributed by atoms with van der Waals surface area (Å²) < 4.78 is 4.90. The van der Waals surface area contributed by atoms with E-state index in [1.807, 2.05) is 30.3 Å². The van der Waals surface area contributed by atoms with Crippen LogP contribution >= 0.6 is 46.4 Å². The van der Waals surface area contributed by atoms with Crippen molar-refractivity contribution in [3.05, 3.63) is 97.9 Å². The third-order valence-electron chi connectivity index (χ3n) is 5.39. The summed E-state index contributed by atoms with van der Waals surface area (Å²) in [6.45, 7) is 0. The number of nitrogens with one attached hydrogen (secondary N) is 1. The highest BCUT2D eigenvalue weighted by Crippen LogP contribution is 2.34. The molecule has 0 aliphatic heterocycles. The lowest BCUT2D eigenvalue weighted by atomic mass is 10.0. The van der Waals surface area contributed by atoms with E-state index >= 15 is 0 Å². The highest BCUT2D eigenvalue weighted by atomic mass is 35.5. The number of carbonyl (C=O) groups is 2. The van der Waals surface area contributed by atoms with Crippen LogP contribution in [0.3, 0.4) is 0 Å². The second-order valence-corrected chi connectivity index (χ2v) is 9.30. The number of fused-ring (bicyclic) bond motifs is 1. The van der Waals surface area contributed by atoms with Crippen LogP contribution in [0.2, 0.25) is 20.1 Å². The molecule has 1 atom stereocenters. The fourth-order valence-corrected chi connectivity index (χ4v) is 4.86. The number of methoxy groups -OCH3 is 1. The molecule has 0 fully saturated rings. The maximum atomic E-state index is 12.8. The number of rotatable bonds is 6. The van der Waals surface area contributed by atoms with Crippen molar-refractivity contribution >= 4 is 69.2 Å². The zero-order chi connectivity index (χ0) is 25.1. The van der Waals surface area contributed by atoms with Gasteiger partial charge in [-0.25, -0.2) is 9.78 Å². The third-order valence-corrected chi connectivity index (χ3v) is 6.65. The molecule has 0 saturated heterocycles. The van der Waals surface area contributed by atoms with Crippen molar-refractivity contribution in [3.63, 3.8) is 0 Å². The van der Waals surface area contributed by atoms with E-state index in [0.717, 1.165) is 16.5 Å². The van der Waals surface area contributed by atoms with Gasteiger partial charge in [-0.15, -0.1) is 0 Å². The molecule has 1 N–H and O–H groups in total. The van der Waals surface area contributed by atoms with Gasteiger partial charge in [-0.3, -0.25) is 4.79 Å². The lowest BCUT2D eigenvalue weighted by Crippen LogP contribution is -2.43. The van der Waals surface area contributed by atoms with Crippen LogP contribution in [0.5, 0.6) is 0 Å². The maximum absolute atomic E-state index is 12.8. The molecule has 35 heavy (non-hydrogen) atoms. The summed E-state index contributed by atoms with van der Waals surface area (Å²) in [5.74, 6) is -1.16. The first kappa shape index (κ1) is 25.3. The Balaban J connectivity index is 1.60. The van der Waals surface area contributed by atoms with Crippen LogP contribution < -0.4 is 5.32 Å². The largest absolute Gasteiger partial charge is 0.467 e. The molecule has 9 heteroatoms. The van der Waals surface area contributed by atoms with Gasteiger partial charge in [0.25, 0.3) is 5.91 Å². The smallest absolute Gasteiger partial charge is 0.328 e. The molecule has 0 radical (unpaired) electrons. The molecule has 0 bridgehead atoms. The number of aromatic nitrogens is 1. The average Bonchev–Trinajstić information content (AvgIpc) is 2.83. The number of pyridine rings is 1. The zero-order valence-corrected chi connectivity index (χ0v) is 21.3. The van der Waals surface area contributed by atoms with Crippen LogP contribution in [0.4, 0.5) is 0 Å². The Hall–Kier alpha value is -2.83. The molecule has 0 spiro atoms. The first-order chi connectivity index (χ1) is 16.8. The molecule has 0 unspecified atom stereocenters. The van der Waals surface area contributed by atoms with Gasteiger partial charge in [0.05, 0.1) is 44.0 Å². The number of ether oxygens (including phenoxy) is 1. The molecular weight excluding hydrogens is 530 g/mol. The summed E-state index contributed by atoms with van der Waals surface area (Å²) in [6.07, 6.45) is 0.189. The van der Waals surface area contributed by atoms with Crippen LogP contribution in [0.15, 0.2) is 66.7 Å². The van der Waals surface area contributed by atoms with E-state index < -0.39 is 17.9 Å². The van der Waals surface area contributed by atoms with Crippen LogP contribution in [-0.4, -0.2) is 30.0 Å². The standard InChI is InChI=1S/C26H18Cl4N2O3/c1-35-26(34)22(32-25(33)24-18(29)6-3-7-19(24)30)13-14-8-10-20-15(12-14)9-11-21(31-20)23-16(27)4-2-5-17(23)28/h2-12,22H,13H2,1H3,(H,32,33)/t22-/m1/s1. The van der Waals surface area contributed by atoms with E-state index in [9.17, 15) is 9.59 Å². The first-order valence-corrected chi connectivity index (χ1v) is 12.0. The van der Waals surface area contributed by atoms with Crippen LogP contribution in [0.25, 0.3) is 22.2 Å². The summed E-state index contributed by atoms with van der Waals surface area (Å²) in [5.41, 5.74) is 2.93. The van der Waals surface area contributed by atoms with E-state index in [1.165, 1.54) is 7.11 Å². The number of hydrogen-bond donors (Lipinski definition) is 1. The molecule has 178 valence electrons. The van der Waals surface area contributed by atoms with Crippen LogP contribution in [0.1, 0.15) is 15.9 Å². The second-order valence-electron chi connectivity index (χ2n) is 7.67. The highest BCUT2D eigenvalue weighted by molar-refractivity contribution is 6.40. The fourth-order valence-electron chi connectivity index (χ4n) is 3.70. The van der Waals surface area contributed by atoms with E-state index in [4.69, 9.17) is 51.1 Å². The van der Waals surface area contributed by atoms with E-state index in [-0.39, 0.29) is 22.0 Å². The summed E-state index contributed by atoms with van der Waals surface area (Å²) in [4.78, 5) is 30.0. The fraction of sp³-hybridized carbons (Fsp3) is 0.115. The first-order valence-electron chi connectivity index (χ1n) is 10.4. The van der Waals surface area contributed by atoms with Crippen molar-refractivity contribution in [2.75, 3.05) is 7.11 Å². The highest BCUT2D eigenvalue weighted by Gasteiger charge is 2.25. The SMILES string of the molecule is COC(=O)[C@@H](Cc1ccc2nc(-c3c(Cl)cccc3Cl)ccc2c1)NC(=O)c1c(Cl)cccc1Cl. The lowest BCUT2D eigenvalue weighted by molar-refractivity contribution is -0.142. The van der Waals surface area contributed by atoms with Crippen molar-refractivity contribution in [2.24, 2.45) is 0 Å². The van der Waals surface area contributed by atoms with Crippen molar-refractivity contribution in [2.45, 2.75) is 12.5 Å². The Morgan fingerprint density at radius 3 is 2.14 bits per heavy atom. The Labute approximate surface area is 221 Å². The Morgan fingerprint density at radius 2 is 1.51 bits per heavy atom. The zero-order valence-electron chi connectivity index (χ0n) is 18.3. The van der Waals surface area contributed by atoms with Crippen molar-refractivity contribution in [3.8, 4) is 11.3 Å². The summed E-state index contributed by atoms with van der Waals surface area (Å²) in [6, 6.07) is 18.4. The number of nitrogens with zero attached hydrogens (tertiary/aromatic N) is 1. The molecule has 0 aliphatic rings. The minimum Gasteiger partial charge on any atom is -0.467 e. The summed E-state index contributed by atoms with van der Waals surface area (Å²) >= 11 is 24.9. The predicted molar refractivity (Wildman–Crippen MR) is 141 cm³/mol. The molecule has 0 saturated carbocycles. The van der Waals surface area contributed by atoms with Gasteiger partial charge in [0.2, 0.25) is 0 Å². The molecule has 1 aromatic heterocycles. The quantitative estimate of drug-likeness (QED) is 0.263. The van der Waals surface area contributed by atoms with Gasteiger partial charge in [0.15, 0.2) is 0 Å². The monoisotopic (exact) mass is 546 g/mol. The van der Waals surface area contributed by atoms with Gasteiger partial charge in [0, 0.05) is 17.4 Å². The normalized spacial score (nSPS) is 11.8. The number of carbonyl (C=O) groups excluding carboxylic acids is 2. The molecular formula is C26H18Cl4N2O3.